The Hall–Kier alpha value is -0.880. The van der Waals surface area contributed by atoms with Gasteiger partial charge in [0.25, 0.3) is 0 Å². The summed E-state index contributed by atoms with van der Waals surface area (Å²) in [6, 6.07) is 4.76. The zero-order chi connectivity index (χ0) is 15.8. The first-order valence-electron chi connectivity index (χ1n) is 7.37. The van der Waals surface area contributed by atoms with Crippen LogP contribution in [0.3, 0.4) is 0 Å². The van der Waals surface area contributed by atoms with Crippen molar-refractivity contribution in [3.8, 4) is 5.75 Å². The number of amides is 2. The topological polar surface area (TPSA) is 57.6 Å². The van der Waals surface area contributed by atoms with E-state index in [4.69, 9.17) is 0 Å². The SMILES string of the molecule is Cc1cc(O)ccc1N1C(=O)[C@@H]2[C@H]3C[C@@H]([C@H](Br)[C@H]3Br)[C@H]2C1=O. The van der Waals surface area contributed by atoms with Crippen molar-refractivity contribution < 1.29 is 14.7 Å². The highest BCUT2D eigenvalue weighted by atomic mass is 79.9. The zero-order valence-corrected chi connectivity index (χ0v) is 15.0. The number of carbonyl (C=O) groups excluding carboxylic acids is 2. The van der Waals surface area contributed by atoms with Gasteiger partial charge in [-0.3, -0.25) is 9.59 Å². The number of halogens is 2. The molecule has 116 valence electrons. The third kappa shape index (κ3) is 1.74. The number of fused-ring (bicyclic) bond motifs is 5. The fourth-order valence-corrected chi connectivity index (χ4v) is 6.35. The number of aromatic hydroxyl groups is 1. The van der Waals surface area contributed by atoms with E-state index in [1.807, 2.05) is 0 Å². The maximum Gasteiger partial charge on any atom is 0.238 e. The molecular formula is C16H15Br2NO3. The van der Waals surface area contributed by atoms with E-state index in [2.05, 4.69) is 31.9 Å². The maximum absolute atomic E-state index is 12.9. The average Bonchev–Trinajstić information content (AvgIpc) is 3.06. The minimum Gasteiger partial charge on any atom is -0.508 e. The first-order chi connectivity index (χ1) is 10.4. The second kappa shape index (κ2) is 4.81. The van der Waals surface area contributed by atoms with Gasteiger partial charge in [-0.05, 0) is 48.9 Å². The van der Waals surface area contributed by atoms with Crippen molar-refractivity contribution >= 4 is 49.4 Å². The first-order valence-corrected chi connectivity index (χ1v) is 9.20. The highest BCUT2D eigenvalue weighted by Gasteiger charge is 2.66. The molecule has 3 fully saturated rings. The Kier molecular flexibility index (Phi) is 3.21. The summed E-state index contributed by atoms with van der Waals surface area (Å²) in [4.78, 5) is 27.6. The summed E-state index contributed by atoms with van der Waals surface area (Å²) in [5, 5.41) is 9.54. The van der Waals surface area contributed by atoms with E-state index in [-0.39, 0.29) is 50.9 Å². The molecule has 0 aromatic heterocycles. The van der Waals surface area contributed by atoms with Crippen LogP contribution in [0.4, 0.5) is 5.69 Å². The predicted molar refractivity (Wildman–Crippen MR) is 89.3 cm³/mol. The molecule has 2 aliphatic carbocycles. The smallest absolute Gasteiger partial charge is 0.238 e. The molecule has 1 saturated heterocycles. The number of hydrogen-bond donors (Lipinski definition) is 1. The number of nitrogens with zero attached hydrogens (tertiary/aromatic N) is 1. The molecule has 2 bridgehead atoms. The van der Waals surface area contributed by atoms with Crippen LogP contribution in [0.2, 0.25) is 0 Å². The Morgan fingerprint density at radius 2 is 1.64 bits per heavy atom. The van der Waals surface area contributed by atoms with Crippen LogP contribution in [0, 0.1) is 30.6 Å². The number of phenols is 1. The van der Waals surface area contributed by atoms with Crippen molar-refractivity contribution in [1.82, 2.24) is 0 Å². The van der Waals surface area contributed by atoms with Crippen LogP contribution in [-0.4, -0.2) is 26.6 Å². The monoisotopic (exact) mass is 427 g/mol. The van der Waals surface area contributed by atoms with Gasteiger partial charge in [0, 0.05) is 9.65 Å². The minimum absolute atomic E-state index is 0.0832. The molecule has 3 aliphatic rings. The Labute approximate surface area is 145 Å². The number of benzene rings is 1. The van der Waals surface area contributed by atoms with Crippen LogP contribution in [0.15, 0.2) is 18.2 Å². The molecule has 1 N–H and O–H groups in total. The van der Waals surface area contributed by atoms with E-state index in [0.29, 0.717) is 5.69 Å². The Bertz CT molecular complexity index is 660. The lowest BCUT2D eigenvalue weighted by Gasteiger charge is -2.28. The van der Waals surface area contributed by atoms with Crippen LogP contribution in [0.5, 0.6) is 5.75 Å². The molecule has 2 amide bonds. The van der Waals surface area contributed by atoms with Crippen molar-refractivity contribution in [1.29, 1.82) is 0 Å². The Balaban J connectivity index is 1.76. The summed E-state index contributed by atoms with van der Waals surface area (Å²) in [5.41, 5.74) is 1.33. The summed E-state index contributed by atoms with van der Waals surface area (Å²) in [7, 11) is 0. The van der Waals surface area contributed by atoms with E-state index in [0.717, 1.165) is 12.0 Å². The lowest BCUT2D eigenvalue weighted by atomic mass is 9.81. The molecular weight excluding hydrogens is 414 g/mol. The number of hydrogen-bond acceptors (Lipinski definition) is 3. The van der Waals surface area contributed by atoms with Gasteiger partial charge in [0.1, 0.15) is 5.75 Å². The van der Waals surface area contributed by atoms with E-state index in [1.54, 1.807) is 19.1 Å². The van der Waals surface area contributed by atoms with Gasteiger partial charge in [0.05, 0.1) is 17.5 Å². The molecule has 1 aliphatic heterocycles. The van der Waals surface area contributed by atoms with Crippen molar-refractivity contribution in [3.05, 3.63) is 23.8 Å². The van der Waals surface area contributed by atoms with Crippen molar-refractivity contribution in [3.63, 3.8) is 0 Å². The molecule has 4 nitrogen and oxygen atoms in total. The fraction of sp³-hybridized carbons (Fsp3) is 0.500. The number of carbonyl (C=O) groups is 2. The Morgan fingerprint density at radius 3 is 2.14 bits per heavy atom. The second-order valence-corrected chi connectivity index (χ2v) is 8.60. The quantitative estimate of drug-likeness (QED) is 0.552. The standard InChI is InChI=1S/C16H15Br2NO3/c1-6-4-7(20)2-3-10(6)19-15(21)11-8-5-9(12(11)16(19)22)14(18)13(8)17/h2-4,8-9,11-14,20H,5H2,1H3/t8-,9-,11-,12-,13+,14+/m1/s1. The highest BCUT2D eigenvalue weighted by Crippen LogP contribution is 2.60. The van der Waals surface area contributed by atoms with Crippen molar-refractivity contribution in [2.24, 2.45) is 23.7 Å². The number of alkyl halides is 2. The van der Waals surface area contributed by atoms with Crippen LogP contribution in [-0.2, 0) is 9.59 Å². The fourth-order valence-electron chi connectivity index (χ4n) is 4.48. The van der Waals surface area contributed by atoms with Crippen LogP contribution in [0.25, 0.3) is 0 Å². The zero-order valence-electron chi connectivity index (χ0n) is 11.9. The summed E-state index contributed by atoms with van der Waals surface area (Å²) in [6.45, 7) is 1.80. The molecule has 1 aromatic carbocycles. The molecule has 22 heavy (non-hydrogen) atoms. The molecule has 0 radical (unpaired) electrons. The first kappa shape index (κ1) is 14.7. The van der Waals surface area contributed by atoms with Gasteiger partial charge in [-0.1, -0.05) is 31.9 Å². The molecule has 1 heterocycles. The van der Waals surface area contributed by atoms with Gasteiger partial charge in [-0.15, -0.1) is 0 Å². The molecule has 1 aromatic rings. The normalized spacial score (nSPS) is 39.7. The van der Waals surface area contributed by atoms with Gasteiger partial charge < -0.3 is 5.11 Å². The average molecular weight is 429 g/mol. The third-order valence-corrected chi connectivity index (χ3v) is 8.62. The molecule has 2 saturated carbocycles. The van der Waals surface area contributed by atoms with E-state index in [9.17, 15) is 14.7 Å². The molecule has 6 atom stereocenters. The van der Waals surface area contributed by atoms with Gasteiger partial charge in [0.2, 0.25) is 11.8 Å². The maximum atomic E-state index is 12.9. The molecule has 0 unspecified atom stereocenters. The van der Waals surface area contributed by atoms with Crippen molar-refractivity contribution in [2.75, 3.05) is 4.90 Å². The van der Waals surface area contributed by atoms with Crippen LogP contribution < -0.4 is 4.90 Å². The van der Waals surface area contributed by atoms with E-state index >= 15 is 0 Å². The number of aryl methyl sites for hydroxylation is 1. The van der Waals surface area contributed by atoms with Gasteiger partial charge in [-0.2, -0.15) is 0 Å². The minimum atomic E-state index is -0.205. The van der Waals surface area contributed by atoms with Crippen LogP contribution in [0.1, 0.15) is 12.0 Å². The summed E-state index contributed by atoms with van der Waals surface area (Å²) < 4.78 is 0. The van der Waals surface area contributed by atoms with E-state index < -0.39 is 0 Å². The second-order valence-electron chi connectivity index (χ2n) is 6.49. The molecule has 6 heteroatoms. The number of imide groups is 1. The highest BCUT2D eigenvalue weighted by molar-refractivity contribution is 9.12. The number of anilines is 1. The molecule has 0 spiro atoms. The Morgan fingerprint density at radius 1 is 1.09 bits per heavy atom. The number of rotatable bonds is 1. The third-order valence-electron chi connectivity index (χ3n) is 5.41. The van der Waals surface area contributed by atoms with Gasteiger partial charge in [0.15, 0.2) is 0 Å². The lowest BCUT2D eigenvalue weighted by Crippen LogP contribution is -2.37. The summed E-state index contributed by atoms with van der Waals surface area (Å²) in [6.07, 6.45) is 0.932. The molecule has 4 rings (SSSR count). The van der Waals surface area contributed by atoms with Crippen LogP contribution >= 0.6 is 31.9 Å². The van der Waals surface area contributed by atoms with Gasteiger partial charge >= 0.3 is 0 Å². The van der Waals surface area contributed by atoms with Crippen molar-refractivity contribution in [2.45, 2.75) is 23.0 Å². The lowest BCUT2D eigenvalue weighted by molar-refractivity contribution is -0.123. The van der Waals surface area contributed by atoms with E-state index in [1.165, 1.54) is 11.0 Å². The number of phenolic OH excluding ortho intramolecular Hbond substituents is 1. The summed E-state index contributed by atoms with van der Waals surface area (Å²) >= 11 is 7.37. The summed E-state index contributed by atoms with van der Waals surface area (Å²) in [5.74, 6) is 0.00572. The van der Waals surface area contributed by atoms with Gasteiger partial charge in [-0.25, -0.2) is 4.90 Å². The predicted octanol–water partition coefficient (Wildman–Crippen LogP) is 2.98. The largest absolute Gasteiger partial charge is 0.508 e.